The van der Waals surface area contributed by atoms with Crippen molar-refractivity contribution >= 4 is 11.6 Å². The maximum Gasteiger partial charge on any atom is 0.0252 e. The second-order valence-corrected chi connectivity index (χ2v) is 4.81. The molecule has 2 heteroatoms. The van der Waals surface area contributed by atoms with Crippen LogP contribution in [0.1, 0.15) is 45.4 Å². The van der Waals surface area contributed by atoms with E-state index in [4.69, 9.17) is 11.6 Å². The highest BCUT2D eigenvalue weighted by Crippen LogP contribution is 2.18. The van der Waals surface area contributed by atoms with E-state index in [0.717, 1.165) is 11.8 Å². The van der Waals surface area contributed by atoms with Gasteiger partial charge in [0.2, 0.25) is 0 Å². The molecular formula is C12H24ClN. The molecule has 1 saturated heterocycles. The van der Waals surface area contributed by atoms with Crippen LogP contribution in [0.25, 0.3) is 0 Å². The standard InChI is InChI=1S/C12H24ClN/c1-2-3-4-5-8-14-9-6-12(11-13)7-10-14/h12H,2-11H2,1H3. The molecule has 1 heterocycles. The average Bonchev–Trinajstić information content (AvgIpc) is 2.25. The first-order chi connectivity index (χ1) is 6.86. The summed E-state index contributed by atoms with van der Waals surface area (Å²) in [4.78, 5) is 2.61. The van der Waals surface area contributed by atoms with Crippen LogP contribution in [0.2, 0.25) is 0 Å². The summed E-state index contributed by atoms with van der Waals surface area (Å²) in [5, 5.41) is 0. The van der Waals surface area contributed by atoms with Crippen LogP contribution in [0.3, 0.4) is 0 Å². The lowest BCUT2D eigenvalue weighted by Crippen LogP contribution is -2.34. The molecule has 1 fully saturated rings. The minimum Gasteiger partial charge on any atom is -0.303 e. The molecule has 14 heavy (non-hydrogen) atoms. The molecular weight excluding hydrogens is 194 g/mol. The number of piperidine rings is 1. The van der Waals surface area contributed by atoms with Gasteiger partial charge in [-0.25, -0.2) is 0 Å². The summed E-state index contributed by atoms with van der Waals surface area (Å²) < 4.78 is 0. The second-order valence-electron chi connectivity index (χ2n) is 4.50. The summed E-state index contributed by atoms with van der Waals surface area (Å²) in [7, 11) is 0. The van der Waals surface area contributed by atoms with E-state index in [1.54, 1.807) is 0 Å². The molecule has 0 bridgehead atoms. The number of halogens is 1. The maximum absolute atomic E-state index is 5.86. The molecule has 0 unspecified atom stereocenters. The van der Waals surface area contributed by atoms with Gasteiger partial charge in [0.05, 0.1) is 0 Å². The minimum atomic E-state index is 0.795. The Hall–Kier alpha value is 0.250. The second kappa shape index (κ2) is 7.53. The van der Waals surface area contributed by atoms with Crippen molar-refractivity contribution in [3.05, 3.63) is 0 Å². The van der Waals surface area contributed by atoms with E-state index in [0.29, 0.717) is 0 Å². The fraction of sp³-hybridized carbons (Fsp3) is 1.00. The first-order valence-electron chi connectivity index (χ1n) is 6.15. The Kier molecular flexibility index (Phi) is 6.63. The largest absolute Gasteiger partial charge is 0.303 e. The molecule has 0 aromatic heterocycles. The lowest BCUT2D eigenvalue weighted by Gasteiger charge is -2.30. The molecule has 0 aromatic carbocycles. The van der Waals surface area contributed by atoms with E-state index >= 15 is 0 Å². The molecule has 0 atom stereocenters. The molecule has 1 aliphatic rings. The van der Waals surface area contributed by atoms with Gasteiger partial charge in [0.15, 0.2) is 0 Å². The zero-order chi connectivity index (χ0) is 10.2. The fourth-order valence-corrected chi connectivity index (χ4v) is 2.44. The molecule has 0 saturated carbocycles. The van der Waals surface area contributed by atoms with Gasteiger partial charge < -0.3 is 4.90 Å². The number of alkyl halides is 1. The Bertz CT molecular complexity index is 130. The zero-order valence-corrected chi connectivity index (χ0v) is 10.2. The van der Waals surface area contributed by atoms with E-state index < -0.39 is 0 Å². The van der Waals surface area contributed by atoms with E-state index in [-0.39, 0.29) is 0 Å². The lowest BCUT2D eigenvalue weighted by atomic mass is 9.99. The summed E-state index contributed by atoms with van der Waals surface area (Å²) in [5.74, 6) is 1.66. The van der Waals surface area contributed by atoms with Crippen molar-refractivity contribution in [2.45, 2.75) is 45.4 Å². The Morgan fingerprint density at radius 2 is 1.86 bits per heavy atom. The third-order valence-corrected chi connectivity index (χ3v) is 3.69. The van der Waals surface area contributed by atoms with Gasteiger partial charge in [-0.15, -0.1) is 11.6 Å². The first-order valence-corrected chi connectivity index (χ1v) is 6.68. The number of hydrogen-bond acceptors (Lipinski definition) is 1. The van der Waals surface area contributed by atoms with Crippen LogP contribution in [0.5, 0.6) is 0 Å². The van der Waals surface area contributed by atoms with Crippen LogP contribution in [0.15, 0.2) is 0 Å². The quantitative estimate of drug-likeness (QED) is 0.486. The number of likely N-dealkylation sites (tertiary alicyclic amines) is 1. The Morgan fingerprint density at radius 3 is 2.43 bits per heavy atom. The summed E-state index contributed by atoms with van der Waals surface area (Å²) >= 11 is 5.86. The van der Waals surface area contributed by atoms with Crippen molar-refractivity contribution in [1.29, 1.82) is 0 Å². The van der Waals surface area contributed by atoms with Crippen molar-refractivity contribution in [3.63, 3.8) is 0 Å². The van der Waals surface area contributed by atoms with Crippen LogP contribution in [0, 0.1) is 5.92 Å². The number of rotatable bonds is 6. The van der Waals surface area contributed by atoms with Gasteiger partial charge in [0, 0.05) is 5.88 Å². The molecule has 84 valence electrons. The number of unbranched alkanes of at least 4 members (excludes halogenated alkanes) is 3. The highest BCUT2D eigenvalue weighted by molar-refractivity contribution is 6.18. The number of nitrogens with zero attached hydrogens (tertiary/aromatic N) is 1. The van der Waals surface area contributed by atoms with E-state index in [1.807, 2.05) is 0 Å². The Morgan fingerprint density at radius 1 is 1.14 bits per heavy atom. The molecule has 0 radical (unpaired) electrons. The highest BCUT2D eigenvalue weighted by atomic mass is 35.5. The van der Waals surface area contributed by atoms with Crippen LogP contribution >= 0.6 is 11.6 Å². The van der Waals surface area contributed by atoms with Gasteiger partial charge in [-0.2, -0.15) is 0 Å². The molecule has 1 aliphatic heterocycles. The molecule has 1 nitrogen and oxygen atoms in total. The predicted octanol–water partition coefficient (Wildman–Crippen LogP) is 3.52. The van der Waals surface area contributed by atoms with Crippen LogP contribution in [0.4, 0.5) is 0 Å². The van der Waals surface area contributed by atoms with Gasteiger partial charge in [-0.3, -0.25) is 0 Å². The normalized spacial score (nSPS) is 20.1. The van der Waals surface area contributed by atoms with Crippen LogP contribution in [-0.2, 0) is 0 Å². The fourth-order valence-electron chi connectivity index (χ4n) is 2.13. The van der Waals surface area contributed by atoms with Crippen molar-refractivity contribution in [2.75, 3.05) is 25.5 Å². The van der Waals surface area contributed by atoms with Crippen molar-refractivity contribution in [2.24, 2.45) is 5.92 Å². The third-order valence-electron chi connectivity index (χ3n) is 3.25. The van der Waals surface area contributed by atoms with Gasteiger partial charge in [0.25, 0.3) is 0 Å². The maximum atomic E-state index is 5.86. The average molecular weight is 218 g/mol. The van der Waals surface area contributed by atoms with Gasteiger partial charge in [-0.1, -0.05) is 26.2 Å². The molecule has 0 aromatic rings. The van der Waals surface area contributed by atoms with Crippen molar-refractivity contribution in [3.8, 4) is 0 Å². The van der Waals surface area contributed by atoms with Gasteiger partial charge >= 0.3 is 0 Å². The molecule has 0 spiro atoms. The smallest absolute Gasteiger partial charge is 0.0252 e. The summed E-state index contributed by atoms with van der Waals surface area (Å²) in [6, 6.07) is 0. The van der Waals surface area contributed by atoms with Gasteiger partial charge in [0.1, 0.15) is 0 Å². The van der Waals surface area contributed by atoms with E-state index in [1.165, 1.54) is 58.2 Å². The molecule has 1 rings (SSSR count). The van der Waals surface area contributed by atoms with Crippen molar-refractivity contribution < 1.29 is 0 Å². The zero-order valence-electron chi connectivity index (χ0n) is 9.47. The summed E-state index contributed by atoms with van der Waals surface area (Å²) in [6.07, 6.45) is 8.17. The monoisotopic (exact) mass is 217 g/mol. The number of hydrogen-bond donors (Lipinski definition) is 0. The summed E-state index contributed by atoms with van der Waals surface area (Å²) in [6.45, 7) is 6.15. The minimum absolute atomic E-state index is 0.795. The molecule has 0 aliphatic carbocycles. The third kappa shape index (κ3) is 4.65. The Balaban J connectivity index is 1.98. The molecule has 0 N–H and O–H groups in total. The van der Waals surface area contributed by atoms with Crippen LogP contribution < -0.4 is 0 Å². The SMILES string of the molecule is CCCCCCN1CCC(CCl)CC1. The predicted molar refractivity (Wildman–Crippen MR) is 64.0 cm³/mol. The lowest BCUT2D eigenvalue weighted by molar-refractivity contribution is 0.190. The topological polar surface area (TPSA) is 3.24 Å². The molecule has 0 amide bonds. The van der Waals surface area contributed by atoms with Gasteiger partial charge in [-0.05, 0) is 44.8 Å². The van der Waals surface area contributed by atoms with E-state index in [9.17, 15) is 0 Å². The van der Waals surface area contributed by atoms with Crippen molar-refractivity contribution in [1.82, 2.24) is 4.90 Å². The highest BCUT2D eigenvalue weighted by Gasteiger charge is 2.17. The first kappa shape index (κ1) is 12.3. The van der Waals surface area contributed by atoms with E-state index in [2.05, 4.69) is 11.8 Å². The van der Waals surface area contributed by atoms with Crippen LogP contribution in [-0.4, -0.2) is 30.4 Å². The summed E-state index contributed by atoms with van der Waals surface area (Å²) in [5.41, 5.74) is 0. The Labute approximate surface area is 93.8 Å².